The lowest BCUT2D eigenvalue weighted by Gasteiger charge is -2.18. The molecule has 0 saturated carbocycles. The SMILES string of the molecule is COc1ccc(C(C)Nc2cc(C)nc3ccc(OC)cc23)cc1. The predicted octanol–water partition coefficient (Wildman–Crippen LogP) is 4.73. The first kappa shape index (κ1) is 16.1. The summed E-state index contributed by atoms with van der Waals surface area (Å²) >= 11 is 0. The van der Waals surface area contributed by atoms with E-state index in [0.717, 1.165) is 33.8 Å². The van der Waals surface area contributed by atoms with Crippen LogP contribution in [0.15, 0.2) is 48.5 Å². The first-order valence-electron chi connectivity index (χ1n) is 7.96. The van der Waals surface area contributed by atoms with Crippen molar-refractivity contribution in [1.82, 2.24) is 4.98 Å². The fourth-order valence-electron chi connectivity index (χ4n) is 2.79. The number of benzene rings is 2. The van der Waals surface area contributed by atoms with Gasteiger partial charge in [0, 0.05) is 22.8 Å². The van der Waals surface area contributed by atoms with E-state index in [1.807, 2.05) is 37.3 Å². The molecular formula is C20H22N2O2. The van der Waals surface area contributed by atoms with E-state index in [1.165, 1.54) is 5.56 Å². The maximum Gasteiger partial charge on any atom is 0.119 e. The Labute approximate surface area is 142 Å². The second kappa shape index (κ2) is 6.79. The molecule has 3 rings (SSSR count). The van der Waals surface area contributed by atoms with E-state index in [2.05, 4.69) is 35.4 Å². The number of fused-ring (bicyclic) bond motifs is 1. The van der Waals surface area contributed by atoms with Crippen molar-refractivity contribution in [2.75, 3.05) is 19.5 Å². The topological polar surface area (TPSA) is 43.4 Å². The Kier molecular flexibility index (Phi) is 4.56. The highest BCUT2D eigenvalue weighted by molar-refractivity contribution is 5.92. The summed E-state index contributed by atoms with van der Waals surface area (Å²) in [7, 11) is 3.35. The molecule has 124 valence electrons. The summed E-state index contributed by atoms with van der Waals surface area (Å²) in [5, 5.41) is 4.65. The molecule has 1 heterocycles. The monoisotopic (exact) mass is 322 g/mol. The molecule has 0 aliphatic carbocycles. The van der Waals surface area contributed by atoms with Crippen LogP contribution in [-0.2, 0) is 0 Å². The smallest absolute Gasteiger partial charge is 0.119 e. The second-order valence-corrected chi connectivity index (χ2v) is 5.83. The minimum Gasteiger partial charge on any atom is -0.497 e. The maximum absolute atomic E-state index is 5.35. The summed E-state index contributed by atoms with van der Waals surface area (Å²) in [5.74, 6) is 1.69. The van der Waals surface area contributed by atoms with Gasteiger partial charge in [-0.05, 0) is 55.8 Å². The number of rotatable bonds is 5. The van der Waals surface area contributed by atoms with Gasteiger partial charge >= 0.3 is 0 Å². The zero-order valence-corrected chi connectivity index (χ0v) is 14.5. The second-order valence-electron chi connectivity index (χ2n) is 5.83. The highest BCUT2D eigenvalue weighted by Crippen LogP contribution is 2.30. The zero-order valence-electron chi connectivity index (χ0n) is 14.5. The molecule has 0 saturated heterocycles. The third-order valence-corrected chi connectivity index (χ3v) is 4.13. The van der Waals surface area contributed by atoms with E-state index in [0.29, 0.717) is 0 Å². The number of nitrogens with zero attached hydrogens (tertiary/aromatic N) is 1. The highest BCUT2D eigenvalue weighted by Gasteiger charge is 2.10. The van der Waals surface area contributed by atoms with Crippen LogP contribution in [0.3, 0.4) is 0 Å². The van der Waals surface area contributed by atoms with Crippen LogP contribution < -0.4 is 14.8 Å². The Morgan fingerprint density at radius 1 is 0.917 bits per heavy atom. The van der Waals surface area contributed by atoms with Gasteiger partial charge in [-0.1, -0.05) is 12.1 Å². The van der Waals surface area contributed by atoms with Crippen LogP contribution in [0.25, 0.3) is 10.9 Å². The average molecular weight is 322 g/mol. The largest absolute Gasteiger partial charge is 0.497 e. The molecule has 0 fully saturated rings. The quantitative estimate of drug-likeness (QED) is 0.737. The zero-order chi connectivity index (χ0) is 17.1. The molecule has 4 nitrogen and oxygen atoms in total. The summed E-state index contributed by atoms with van der Waals surface area (Å²) in [5.41, 5.74) is 4.19. The van der Waals surface area contributed by atoms with Crippen molar-refractivity contribution in [3.8, 4) is 11.5 Å². The number of ether oxygens (including phenoxy) is 2. The Morgan fingerprint density at radius 2 is 1.58 bits per heavy atom. The molecule has 1 atom stereocenters. The van der Waals surface area contributed by atoms with Crippen LogP contribution in [0.4, 0.5) is 5.69 Å². The van der Waals surface area contributed by atoms with Crippen LogP contribution >= 0.6 is 0 Å². The van der Waals surface area contributed by atoms with Gasteiger partial charge in [-0.3, -0.25) is 4.98 Å². The van der Waals surface area contributed by atoms with Crippen molar-refractivity contribution in [3.63, 3.8) is 0 Å². The molecule has 0 aliphatic heterocycles. The van der Waals surface area contributed by atoms with E-state index in [4.69, 9.17) is 9.47 Å². The lowest BCUT2D eigenvalue weighted by Crippen LogP contribution is -2.07. The number of aryl methyl sites for hydroxylation is 1. The third-order valence-electron chi connectivity index (χ3n) is 4.13. The lowest BCUT2D eigenvalue weighted by atomic mass is 10.1. The summed E-state index contributed by atoms with van der Waals surface area (Å²) in [6.07, 6.45) is 0. The van der Waals surface area contributed by atoms with Crippen LogP contribution in [0.1, 0.15) is 24.2 Å². The van der Waals surface area contributed by atoms with Crippen LogP contribution in [-0.4, -0.2) is 19.2 Å². The molecule has 1 aromatic heterocycles. The standard InChI is InChI=1S/C20H22N2O2/c1-13-11-20(18-12-17(24-4)9-10-19(18)21-13)22-14(2)15-5-7-16(23-3)8-6-15/h5-12,14H,1-4H3,(H,21,22). The van der Waals surface area contributed by atoms with Gasteiger partial charge in [0.1, 0.15) is 11.5 Å². The first-order valence-corrected chi connectivity index (χ1v) is 7.96. The molecule has 1 N–H and O–H groups in total. The van der Waals surface area contributed by atoms with Gasteiger partial charge in [0.15, 0.2) is 0 Å². The summed E-state index contributed by atoms with van der Waals surface area (Å²) in [6, 6.07) is 16.3. The minimum absolute atomic E-state index is 0.159. The number of hydrogen-bond donors (Lipinski definition) is 1. The average Bonchev–Trinajstić information content (AvgIpc) is 2.61. The number of nitrogens with one attached hydrogen (secondary N) is 1. The lowest BCUT2D eigenvalue weighted by molar-refractivity contribution is 0.414. The van der Waals surface area contributed by atoms with Crippen molar-refractivity contribution in [2.24, 2.45) is 0 Å². The van der Waals surface area contributed by atoms with Crippen molar-refractivity contribution >= 4 is 16.6 Å². The van der Waals surface area contributed by atoms with Crippen LogP contribution in [0.5, 0.6) is 11.5 Å². The van der Waals surface area contributed by atoms with Gasteiger partial charge < -0.3 is 14.8 Å². The van der Waals surface area contributed by atoms with Crippen molar-refractivity contribution in [2.45, 2.75) is 19.9 Å². The highest BCUT2D eigenvalue weighted by atomic mass is 16.5. The maximum atomic E-state index is 5.35. The summed E-state index contributed by atoms with van der Waals surface area (Å²) in [6.45, 7) is 4.15. The van der Waals surface area contributed by atoms with E-state index in [-0.39, 0.29) is 6.04 Å². The van der Waals surface area contributed by atoms with Crippen LogP contribution in [0, 0.1) is 6.92 Å². The number of pyridine rings is 1. The number of aromatic nitrogens is 1. The third kappa shape index (κ3) is 3.27. The van der Waals surface area contributed by atoms with Gasteiger partial charge in [-0.25, -0.2) is 0 Å². The molecule has 3 aromatic rings. The number of anilines is 1. The van der Waals surface area contributed by atoms with Crippen molar-refractivity contribution in [1.29, 1.82) is 0 Å². The van der Waals surface area contributed by atoms with Crippen LogP contribution in [0.2, 0.25) is 0 Å². The Morgan fingerprint density at radius 3 is 2.25 bits per heavy atom. The number of hydrogen-bond acceptors (Lipinski definition) is 4. The molecule has 0 spiro atoms. The molecule has 1 unspecified atom stereocenters. The van der Waals surface area contributed by atoms with E-state index >= 15 is 0 Å². The Hall–Kier alpha value is -2.75. The summed E-state index contributed by atoms with van der Waals surface area (Å²) in [4.78, 5) is 4.60. The molecule has 2 aromatic carbocycles. The van der Waals surface area contributed by atoms with E-state index in [1.54, 1.807) is 14.2 Å². The first-order chi connectivity index (χ1) is 11.6. The van der Waals surface area contributed by atoms with Crippen molar-refractivity contribution in [3.05, 3.63) is 59.8 Å². The van der Waals surface area contributed by atoms with Crippen molar-refractivity contribution < 1.29 is 9.47 Å². The molecule has 0 bridgehead atoms. The minimum atomic E-state index is 0.159. The Balaban J connectivity index is 1.95. The normalized spacial score (nSPS) is 12.0. The molecule has 4 heteroatoms. The molecule has 0 amide bonds. The summed E-state index contributed by atoms with van der Waals surface area (Å²) < 4.78 is 10.6. The van der Waals surface area contributed by atoms with E-state index in [9.17, 15) is 0 Å². The Bertz CT molecular complexity index is 844. The predicted molar refractivity (Wildman–Crippen MR) is 98.1 cm³/mol. The van der Waals surface area contributed by atoms with E-state index < -0.39 is 0 Å². The fraction of sp³-hybridized carbons (Fsp3) is 0.250. The van der Waals surface area contributed by atoms with Gasteiger partial charge in [-0.2, -0.15) is 0 Å². The molecular weight excluding hydrogens is 300 g/mol. The molecule has 24 heavy (non-hydrogen) atoms. The fourth-order valence-corrected chi connectivity index (χ4v) is 2.79. The molecule has 0 radical (unpaired) electrons. The molecule has 0 aliphatic rings. The van der Waals surface area contributed by atoms with Gasteiger partial charge in [0.2, 0.25) is 0 Å². The van der Waals surface area contributed by atoms with Gasteiger partial charge in [0.05, 0.1) is 19.7 Å². The van der Waals surface area contributed by atoms with Gasteiger partial charge in [-0.15, -0.1) is 0 Å². The number of methoxy groups -OCH3 is 2. The van der Waals surface area contributed by atoms with Gasteiger partial charge in [0.25, 0.3) is 0 Å².